The van der Waals surface area contributed by atoms with E-state index in [1.54, 1.807) is 23.1 Å². The summed E-state index contributed by atoms with van der Waals surface area (Å²) in [6.45, 7) is 4.30. The number of halogens is 1. The van der Waals surface area contributed by atoms with Crippen LogP contribution in [0.2, 0.25) is 0 Å². The van der Waals surface area contributed by atoms with Gasteiger partial charge in [0.05, 0.1) is 5.69 Å². The van der Waals surface area contributed by atoms with Crippen LogP contribution in [-0.4, -0.2) is 62.0 Å². The van der Waals surface area contributed by atoms with Crippen molar-refractivity contribution in [2.75, 3.05) is 49.1 Å². The van der Waals surface area contributed by atoms with Crippen LogP contribution in [0.3, 0.4) is 0 Å². The molecule has 35 heavy (non-hydrogen) atoms. The molecule has 0 spiro atoms. The van der Waals surface area contributed by atoms with Crippen molar-refractivity contribution in [3.63, 3.8) is 0 Å². The third-order valence-corrected chi connectivity index (χ3v) is 6.81. The minimum atomic E-state index is -0.571. The predicted octanol–water partition coefficient (Wildman–Crippen LogP) is 3.34. The number of benzene rings is 3. The van der Waals surface area contributed by atoms with Crippen molar-refractivity contribution in [1.82, 2.24) is 10.2 Å². The molecule has 2 aliphatic rings. The molecule has 1 N–H and O–H groups in total. The van der Waals surface area contributed by atoms with Crippen molar-refractivity contribution in [3.8, 4) is 0 Å². The topological polar surface area (TPSA) is 55.9 Å². The Hall–Kier alpha value is -3.71. The lowest BCUT2D eigenvalue weighted by molar-refractivity contribution is -0.122. The summed E-state index contributed by atoms with van der Waals surface area (Å²) in [5.41, 5.74) is 3.01. The predicted molar refractivity (Wildman–Crippen MR) is 135 cm³/mol. The number of hydrogen-bond acceptors (Lipinski definition) is 4. The van der Waals surface area contributed by atoms with Gasteiger partial charge in [-0.15, -0.1) is 0 Å². The number of amides is 2. The Morgan fingerprint density at radius 1 is 0.829 bits per heavy atom. The number of fused-ring (bicyclic) bond motifs is 1. The summed E-state index contributed by atoms with van der Waals surface area (Å²) >= 11 is 0. The first-order valence-electron chi connectivity index (χ1n) is 12.1. The van der Waals surface area contributed by atoms with Gasteiger partial charge in [-0.3, -0.25) is 19.4 Å². The highest BCUT2D eigenvalue weighted by atomic mass is 19.1. The Kier molecular flexibility index (Phi) is 6.77. The lowest BCUT2D eigenvalue weighted by Gasteiger charge is -2.36. The summed E-state index contributed by atoms with van der Waals surface area (Å²) in [6, 6.07) is 23.1. The number of anilines is 2. The highest BCUT2D eigenvalue weighted by Crippen LogP contribution is 2.33. The van der Waals surface area contributed by atoms with E-state index in [0.717, 1.165) is 37.4 Å². The molecule has 2 amide bonds. The molecule has 3 aromatic rings. The van der Waals surface area contributed by atoms with E-state index in [9.17, 15) is 14.0 Å². The number of hydrogen-bond donors (Lipinski definition) is 1. The SMILES string of the molecule is O=C(NCCN1CCN(c2ccccc2F)CC1)C1Cc2ccccc2N1C(=O)c1ccccc1. The second kappa shape index (κ2) is 10.3. The van der Waals surface area contributed by atoms with E-state index in [-0.39, 0.29) is 17.6 Å². The van der Waals surface area contributed by atoms with Gasteiger partial charge in [0.25, 0.3) is 5.91 Å². The van der Waals surface area contributed by atoms with Crippen molar-refractivity contribution in [1.29, 1.82) is 0 Å². The summed E-state index contributed by atoms with van der Waals surface area (Å²) in [7, 11) is 0. The molecule has 0 aromatic heterocycles. The minimum absolute atomic E-state index is 0.143. The Morgan fingerprint density at radius 3 is 2.23 bits per heavy atom. The van der Waals surface area contributed by atoms with Gasteiger partial charge in [0.2, 0.25) is 5.91 Å². The maximum Gasteiger partial charge on any atom is 0.259 e. The summed E-state index contributed by atoms with van der Waals surface area (Å²) < 4.78 is 14.1. The first-order valence-corrected chi connectivity index (χ1v) is 12.1. The lowest BCUT2D eigenvalue weighted by Crippen LogP contribution is -2.51. The van der Waals surface area contributed by atoms with Crippen LogP contribution in [-0.2, 0) is 11.2 Å². The van der Waals surface area contributed by atoms with E-state index in [2.05, 4.69) is 15.1 Å². The molecule has 2 aliphatic heterocycles. The smallest absolute Gasteiger partial charge is 0.259 e. The Balaban J connectivity index is 1.17. The minimum Gasteiger partial charge on any atom is -0.367 e. The summed E-state index contributed by atoms with van der Waals surface area (Å²) in [5.74, 6) is -0.504. The van der Waals surface area contributed by atoms with Crippen LogP contribution < -0.4 is 15.1 Å². The largest absolute Gasteiger partial charge is 0.367 e. The molecule has 0 saturated carbocycles. The molecule has 5 rings (SSSR count). The Bertz CT molecular complexity index is 1190. The fourth-order valence-electron chi connectivity index (χ4n) is 4.94. The van der Waals surface area contributed by atoms with E-state index < -0.39 is 6.04 Å². The third-order valence-electron chi connectivity index (χ3n) is 6.81. The molecule has 6 nitrogen and oxygen atoms in total. The molecule has 180 valence electrons. The molecule has 0 aliphatic carbocycles. The number of rotatable bonds is 6. The van der Waals surface area contributed by atoms with Gasteiger partial charge < -0.3 is 10.2 Å². The molecule has 0 bridgehead atoms. The highest BCUT2D eigenvalue weighted by molar-refractivity contribution is 6.11. The van der Waals surface area contributed by atoms with Crippen LogP contribution in [0.5, 0.6) is 0 Å². The second-order valence-corrected chi connectivity index (χ2v) is 8.96. The van der Waals surface area contributed by atoms with Crippen LogP contribution in [0.15, 0.2) is 78.9 Å². The number of carbonyl (C=O) groups excluding carboxylic acids is 2. The number of para-hydroxylation sites is 2. The number of piperazine rings is 1. The Morgan fingerprint density at radius 2 is 1.49 bits per heavy atom. The van der Waals surface area contributed by atoms with Gasteiger partial charge in [-0.05, 0) is 35.9 Å². The molecule has 7 heteroatoms. The molecule has 3 aromatic carbocycles. The van der Waals surface area contributed by atoms with Crippen LogP contribution in [0.1, 0.15) is 15.9 Å². The van der Waals surface area contributed by atoms with E-state index in [1.165, 1.54) is 6.07 Å². The quantitative estimate of drug-likeness (QED) is 0.598. The van der Waals surface area contributed by atoms with E-state index in [0.29, 0.717) is 30.8 Å². The molecular weight excluding hydrogens is 443 g/mol. The number of nitrogens with one attached hydrogen (secondary N) is 1. The van der Waals surface area contributed by atoms with Gasteiger partial charge >= 0.3 is 0 Å². The third kappa shape index (κ3) is 4.91. The highest BCUT2D eigenvalue weighted by Gasteiger charge is 2.38. The molecule has 0 radical (unpaired) electrons. The molecule has 1 fully saturated rings. The summed E-state index contributed by atoms with van der Waals surface area (Å²) in [4.78, 5) is 32.5. The average Bonchev–Trinajstić information content (AvgIpc) is 3.29. The zero-order valence-corrected chi connectivity index (χ0v) is 19.6. The molecule has 1 saturated heterocycles. The van der Waals surface area contributed by atoms with Crippen LogP contribution in [0, 0.1) is 5.82 Å². The normalized spacial score (nSPS) is 17.8. The van der Waals surface area contributed by atoms with Crippen molar-refractivity contribution >= 4 is 23.2 Å². The lowest BCUT2D eigenvalue weighted by atomic mass is 10.1. The van der Waals surface area contributed by atoms with Crippen molar-refractivity contribution in [2.45, 2.75) is 12.5 Å². The van der Waals surface area contributed by atoms with E-state index in [4.69, 9.17) is 0 Å². The van der Waals surface area contributed by atoms with Crippen LogP contribution >= 0.6 is 0 Å². The molecular formula is C28H29FN4O2. The zero-order chi connectivity index (χ0) is 24.2. The Labute approximate surface area is 205 Å². The first-order chi connectivity index (χ1) is 17.1. The number of carbonyl (C=O) groups is 2. The molecule has 1 unspecified atom stereocenters. The maximum atomic E-state index is 14.1. The van der Waals surface area contributed by atoms with Gasteiger partial charge in [-0.2, -0.15) is 0 Å². The van der Waals surface area contributed by atoms with Crippen molar-refractivity contribution in [3.05, 3.63) is 95.8 Å². The maximum absolute atomic E-state index is 14.1. The van der Waals surface area contributed by atoms with Crippen molar-refractivity contribution in [2.24, 2.45) is 0 Å². The van der Waals surface area contributed by atoms with Gasteiger partial charge in [0.1, 0.15) is 11.9 Å². The van der Waals surface area contributed by atoms with Gasteiger partial charge in [0.15, 0.2) is 0 Å². The fraction of sp³-hybridized carbons (Fsp3) is 0.286. The molecule has 2 heterocycles. The van der Waals surface area contributed by atoms with Crippen molar-refractivity contribution < 1.29 is 14.0 Å². The monoisotopic (exact) mass is 472 g/mol. The van der Waals surface area contributed by atoms with Crippen LogP contribution in [0.25, 0.3) is 0 Å². The number of nitrogens with zero attached hydrogens (tertiary/aromatic N) is 3. The first kappa shape index (κ1) is 23.1. The van der Waals surface area contributed by atoms with E-state index >= 15 is 0 Å². The van der Waals surface area contributed by atoms with Gasteiger partial charge in [-0.25, -0.2) is 4.39 Å². The summed E-state index contributed by atoms with van der Waals surface area (Å²) in [5, 5.41) is 3.05. The zero-order valence-electron chi connectivity index (χ0n) is 19.6. The fourth-order valence-corrected chi connectivity index (χ4v) is 4.94. The van der Waals surface area contributed by atoms with Crippen LogP contribution in [0.4, 0.5) is 15.8 Å². The summed E-state index contributed by atoms with van der Waals surface area (Å²) in [6.07, 6.45) is 0.502. The van der Waals surface area contributed by atoms with Gasteiger partial charge in [-0.1, -0.05) is 48.5 Å². The molecule has 1 atom stereocenters. The van der Waals surface area contributed by atoms with Gasteiger partial charge in [0, 0.05) is 56.9 Å². The standard InChI is InChI=1S/C28H29FN4O2/c29-23-11-5-7-13-25(23)32-18-16-31(17-19-32)15-14-30-27(34)26-20-22-10-4-6-12-24(22)33(26)28(35)21-8-2-1-3-9-21/h1-13,26H,14-20H2,(H,30,34). The second-order valence-electron chi connectivity index (χ2n) is 8.96. The average molecular weight is 473 g/mol. The van der Waals surface area contributed by atoms with E-state index in [1.807, 2.05) is 54.6 Å².